The summed E-state index contributed by atoms with van der Waals surface area (Å²) in [7, 11) is 0. The molecule has 8 nitrogen and oxygen atoms in total. The van der Waals surface area contributed by atoms with Crippen molar-refractivity contribution in [1.29, 1.82) is 0 Å². The number of pyridine rings is 1. The first-order valence-electron chi connectivity index (χ1n) is 7.77. The minimum absolute atomic E-state index is 0.0109. The fraction of sp³-hybridized carbons (Fsp3) is 0.467. The first-order valence-corrected chi connectivity index (χ1v) is 7.77. The highest BCUT2D eigenvalue weighted by atomic mass is 16.2. The van der Waals surface area contributed by atoms with E-state index >= 15 is 0 Å². The molecule has 8 heteroatoms. The maximum Gasteiger partial charge on any atom is 0.350 e. The molecule has 1 saturated carbocycles. The minimum Gasteiger partial charge on any atom is -0.343 e. The molecule has 0 aromatic carbocycles. The van der Waals surface area contributed by atoms with Gasteiger partial charge in [0.15, 0.2) is 5.65 Å². The lowest BCUT2D eigenvalue weighted by Gasteiger charge is -2.16. The Balaban J connectivity index is 1.44. The molecule has 2 fully saturated rings. The number of fused-ring (bicyclic) bond motifs is 1. The zero-order valence-corrected chi connectivity index (χ0v) is 12.5. The number of carbonyl (C=O) groups excluding carboxylic acids is 2. The van der Waals surface area contributed by atoms with Gasteiger partial charge in [0.2, 0.25) is 11.8 Å². The molecule has 0 unspecified atom stereocenters. The van der Waals surface area contributed by atoms with Gasteiger partial charge in [-0.05, 0) is 31.4 Å². The van der Waals surface area contributed by atoms with Crippen LogP contribution in [0.1, 0.15) is 19.3 Å². The Morgan fingerprint density at radius 3 is 2.83 bits per heavy atom. The summed E-state index contributed by atoms with van der Waals surface area (Å²) in [5.41, 5.74) is 0.121. The molecule has 2 amide bonds. The number of nitrogens with one attached hydrogen (secondary N) is 1. The zero-order valence-electron chi connectivity index (χ0n) is 12.5. The van der Waals surface area contributed by atoms with E-state index in [0.29, 0.717) is 24.7 Å². The summed E-state index contributed by atoms with van der Waals surface area (Å²) in [6, 6.07) is 5.09. The Labute approximate surface area is 131 Å². The number of aromatic nitrogens is 3. The SMILES string of the molecule is O=C(Cn1nc2ccccn2c1=O)N[C@H]1CCN(C2CC2)C1=O. The molecule has 0 bridgehead atoms. The lowest BCUT2D eigenvalue weighted by Crippen LogP contribution is -2.44. The summed E-state index contributed by atoms with van der Waals surface area (Å²) in [5, 5.41) is 6.83. The second-order valence-corrected chi connectivity index (χ2v) is 6.04. The van der Waals surface area contributed by atoms with Crippen LogP contribution in [0.15, 0.2) is 29.2 Å². The quantitative estimate of drug-likeness (QED) is 0.814. The number of amides is 2. The van der Waals surface area contributed by atoms with E-state index in [1.165, 1.54) is 4.40 Å². The summed E-state index contributed by atoms with van der Waals surface area (Å²) in [6.07, 6.45) is 4.35. The maximum absolute atomic E-state index is 12.2. The molecule has 1 aliphatic carbocycles. The standard InChI is InChI=1S/C15H17N5O3/c21-13(16-11-6-8-18(14(11)22)10-4-5-10)9-20-15(23)19-7-2-1-3-12(19)17-20/h1-3,7,10-11H,4-6,8-9H2,(H,16,21)/t11-/m0/s1. The van der Waals surface area contributed by atoms with Gasteiger partial charge in [-0.15, -0.1) is 5.10 Å². The van der Waals surface area contributed by atoms with E-state index in [1.54, 1.807) is 24.4 Å². The second-order valence-electron chi connectivity index (χ2n) is 6.04. The van der Waals surface area contributed by atoms with Crippen LogP contribution >= 0.6 is 0 Å². The summed E-state index contributed by atoms with van der Waals surface area (Å²) >= 11 is 0. The van der Waals surface area contributed by atoms with Gasteiger partial charge in [-0.3, -0.25) is 14.0 Å². The van der Waals surface area contributed by atoms with Crippen molar-refractivity contribution in [2.75, 3.05) is 6.54 Å². The van der Waals surface area contributed by atoms with E-state index in [1.807, 2.05) is 4.90 Å². The summed E-state index contributed by atoms with van der Waals surface area (Å²) in [6.45, 7) is 0.510. The molecule has 2 aliphatic rings. The van der Waals surface area contributed by atoms with E-state index in [-0.39, 0.29) is 24.0 Å². The van der Waals surface area contributed by atoms with Gasteiger partial charge >= 0.3 is 5.69 Å². The van der Waals surface area contributed by atoms with E-state index in [0.717, 1.165) is 17.5 Å². The fourth-order valence-electron chi connectivity index (χ4n) is 3.03. The maximum atomic E-state index is 12.2. The molecule has 1 aliphatic heterocycles. The molecule has 0 radical (unpaired) electrons. The number of nitrogens with zero attached hydrogens (tertiary/aromatic N) is 4. The zero-order chi connectivity index (χ0) is 16.0. The molecular weight excluding hydrogens is 298 g/mol. The van der Waals surface area contributed by atoms with Crippen molar-refractivity contribution in [2.45, 2.75) is 37.9 Å². The van der Waals surface area contributed by atoms with Crippen LogP contribution in [0.5, 0.6) is 0 Å². The van der Waals surface area contributed by atoms with Gasteiger partial charge in [-0.2, -0.15) is 0 Å². The Kier molecular flexibility index (Phi) is 3.17. The van der Waals surface area contributed by atoms with Crippen LogP contribution in [-0.4, -0.2) is 49.5 Å². The average molecular weight is 315 g/mol. The van der Waals surface area contributed by atoms with E-state index in [4.69, 9.17) is 0 Å². The molecule has 1 atom stereocenters. The van der Waals surface area contributed by atoms with Crippen molar-refractivity contribution in [3.63, 3.8) is 0 Å². The molecule has 2 aromatic heterocycles. The molecule has 0 spiro atoms. The summed E-state index contributed by atoms with van der Waals surface area (Å²) in [5.74, 6) is -0.380. The fourth-order valence-corrected chi connectivity index (χ4v) is 3.03. The van der Waals surface area contributed by atoms with Crippen molar-refractivity contribution in [2.24, 2.45) is 0 Å². The molecule has 120 valence electrons. The predicted octanol–water partition coefficient (Wildman–Crippen LogP) is -0.624. The van der Waals surface area contributed by atoms with Crippen LogP contribution < -0.4 is 11.0 Å². The van der Waals surface area contributed by atoms with Crippen LogP contribution in [0, 0.1) is 0 Å². The molecule has 1 saturated heterocycles. The number of hydrogen-bond acceptors (Lipinski definition) is 4. The number of likely N-dealkylation sites (tertiary alicyclic amines) is 1. The van der Waals surface area contributed by atoms with E-state index in [9.17, 15) is 14.4 Å². The number of hydrogen-bond donors (Lipinski definition) is 1. The number of carbonyl (C=O) groups is 2. The molecule has 1 N–H and O–H groups in total. The first kappa shape index (κ1) is 14.0. The van der Waals surface area contributed by atoms with Crippen LogP contribution in [-0.2, 0) is 16.1 Å². The highest BCUT2D eigenvalue weighted by molar-refractivity contribution is 5.89. The smallest absolute Gasteiger partial charge is 0.343 e. The lowest BCUT2D eigenvalue weighted by molar-refractivity contribution is -0.133. The van der Waals surface area contributed by atoms with Gasteiger partial charge in [-0.1, -0.05) is 6.07 Å². The third-order valence-corrected chi connectivity index (χ3v) is 4.34. The monoisotopic (exact) mass is 315 g/mol. The Morgan fingerprint density at radius 2 is 2.09 bits per heavy atom. The average Bonchev–Trinajstić information content (AvgIpc) is 3.25. The highest BCUT2D eigenvalue weighted by Gasteiger charge is 2.40. The molecular formula is C15H17N5O3. The van der Waals surface area contributed by atoms with Crippen LogP contribution in [0.3, 0.4) is 0 Å². The number of rotatable bonds is 4. The Hall–Kier alpha value is -2.64. The van der Waals surface area contributed by atoms with Crippen LogP contribution in [0.25, 0.3) is 5.65 Å². The predicted molar refractivity (Wildman–Crippen MR) is 80.7 cm³/mol. The van der Waals surface area contributed by atoms with Crippen molar-refractivity contribution >= 4 is 17.5 Å². The minimum atomic E-state index is -0.476. The van der Waals surface area contributed by atoms with Gasteiger partial charge in [0.05, 0.1) is 0 Å². The topological polar surface area (TPSA) is 88.7 Å². The third-order valence-electron chi connectivity index (χ3n) is 4.34. The van der Waals surface area contributed by atoms with Crippen molar-refractivity contribution < 1.29 is 9.59 Å². The highest BCUT2D eigenvalue weighted by Crippen LogP contribution is 2.30. The summed E-state index contributed by atoms with van der Waals surface area (Å²) in [4.78, 5) is 38.3. The lowest BCUT2D eigenvalue weighted by atomic mass is 10.2. The Bertz CT molecular complexity index is 835. The van der Waals surface area contributed by atoms with Gasteiger partial charge in [0.1, 0.15) is 12.6 Å². The van der Waals surface area contributed by atoms with Crippen molar-refractivity contribution in [3.05, 3.63) is 34.9 Å². The second kappa shape index (κ2) is 5.22. The van der Waals surface area contributed by atoms with Gasteiger partial charge < -0.3 is 10.2 Å². The van der Waals surface area contributed by atoms with E-state index < -0.39 is 6.04 Å². The van der Waals surface area contributed by atoms with Crippen molar-refractivity contribution in [3.8, 4) is 0 Å². The molecule has 2 aromatic rings. The largest absolute Gasteiger partial charge is 0.350 e. The molecule has 4 rings (SSSR count). The van der Waals surface area contributed by atoms with E-state index in [2.05, 4.69) is 10.4 Å². The van der Waals surface area contributed by atoms with Crippen LogP contribution in [0.2, 0.25) is 0 Å². The molecule has 23 heavy (non-hydrogen) atoms. The Morgan fingerprint density at radius 1 is 1.26 bits per heavy atom. The van der Waals surface area contributed by atoms with Gasteiger partial charge in [0, 0.05) is 18.8 Å². The van der Waals surface area contributed by atoms with Gasteiger partial charge in [-0.25, -0.2) is 9.48 Å². The van der Waals surface area contributed by atoms with Crippen LogP contribution in [0.4, 0.5) is 0 Å². The third kappa shape index (κ3) is 2.49. The van der Waals surface area contributed by atoms with Gasteiger partial charge in [0.25, 0.3) is 0 Å². The normalized spacial score (nSPS) is 21.1. The summed E-state index contributed by atoms with van der Waals surface area (Å²) < 4.78 is 2.49. The first-order chi connectivity index (χ1) is 11.1. The molecule has 3 heterocycles. The van der Waals surface area contributed by atoms with Crippen molar-refractivity contribution in [1.82, 2.24) is 24.4 Å².